The summed E-state index contributed by atoms with van der Waals surface area (Å²) in [6, 6.07) is 9.06. The van der Waals surface area contributed by atoms with Crippen molar-refractivity contribution >= 4 is 28.5 Å². The smallest absolute Gasteiger partial charge is 0.253 e. The Morgan fingerprint density at radius 2 is 2.08 bits per heavy atom. The van der Waals surface area contributed by atoms with Crippen molar-refractivity contribution in [3.63, 3.8) is 0 Å². The van der Waals surface area contributed by atoms with Gasteiger partial charge in [-0.3, -0.25) is 9.59 Å². The number of benzene rings is 1. The lowest BCUT2D eigenvalue weighted by atomic mass is 10.1. The molecule has 2 heterocycles. The lowest BCUT2D eigenvalue weighted by Crippen LogP contribution is -2.49. The number of ether oxygens (including phenoxy) is 1. The van der Waals surface area contributed by atoms with Crippen molar-refractivity contribution in [2.24, 2.45) is 5.73 Å². The fourth-order valence-corrected chi connectivity index (χ4v) is 2.82. The number of carbonyl (C=O) groups is 2. The summed E-state index contributed by atoms with van der Waals surface area (Å²) in [5.74, 6) is 0.0435. The molecule has 1 aromatic carbocycles. The molecular formula is C17H20N4O3. The Labute approximate surface area is 140 Å². The zero-order chi connectivity index (χ0) is 17.3. The largest absolute Gasteiger partial charge is 0.366 e. The molecule has 126 valence electrons. The number of fused-ring (bicyclic) bond motifs is 1. The average molecular weight is 328 g/mol. The summed E-state index contributed by atoms with van der Waals surface area (Å²) in [7, 11) is 3.40. The summed E-state index contributed by atoms with van der Waals surface area (Å²) in [5.41, 5.74) is 6.65. The van der Waals surface area contributed by atoms with E-state index >= 15 is 0 Å². The molecule has 1 unspecified atom stereocenters. The van der Waals surface area contributed by atoms with Crippen molar-refractivity contribution in [3.8, 4) is 0 Å². The van der Waals surface area contributed by atoms with Gasteiger partial charge in [-0.05, 0) is 12.1 Å². The molecular weight excluding hydrogens is 308 g/mol. The highest BCUT2D eigenvalue weighted by Crippen LogP contribution is 2.24. The molecule has 1 fully saturated rings. The highest BCUT2D eigenvalue weighted by Gasteiger charge is 2.29. The fourth-order valence-electron chi connectivity index (χ4n) is 2.82. The molecule has 0 spiro atoms. The minimum absolute atomic E-state index is 0.0874. The van der Waals surface area contributed by atoms with Crippen LogP contribution in [0.2, 0.25) is 0 Å². The Morgan fingerprint density at radius 3 is 2.79 bits per heavy atom. The topological polar surface area (TPSA) is 88.8 Å². The molecule has 0 saturated carbocycles. The molecule has 0 aliphatic carbocycles. The molecule has 2 aromatic rings. The third-order valence-electron chi connectivity index (χ3n) is 4.07. The second-order valence-corrected chi connectivity index (χ2v) is 5.95. The Bertz CT molecular complexity index is 790. The van der Waals surface area contributed by atoms with Gasteiger partial charge in [-0.15, -0.1) is 0 Å². The summed E-state index contributed by atoms with van der Waals surface area (Å²) in [4.78, 5) is 32.0. The number of nitrogens with two attached hydrogens (primary N) is 1. The number of aromatic nitrogens is 1. The van der Waals surface area contributed by atoms with Crippen molar-refractivity contribution in [1.29, 1.82) is 0 Å². The molecule has 0 radical (unpaired) electrons. The molecule has 2 N–H and O–H groups in total. The van der Waals surface area contributed by atoms with E-state index in [1.807, 2.05) is 29.2 Å². The van der Waals surface area contributed by atoms with Crippen LogP contribution in [0.15, 0.2) is 30.3 Å². The van der Waals surface area contributed by atoms with Crippen LogP contribution in [0.5, 0.6) is 0 Å². The summed E-state index contributed by atoms with van der Waals surface area (Å²) in [6.45, 7) is 1.41. The fraction of sp³-hybridized carbons (Fsp3) is 0.353. The van der Waals surface area contributed by atoms with Crippen LogP contribution in [0.1, 0.15) is 10.4 Å². The maximum atomic E-state index is 12.1. The number of hydrogen-bond acceptors (Lipinski definition) is 5. The number of morpholine rings is 1. The first-order chi connectivity index (χ1) is 11.5. The quantitative estimate of drug-likeness (QED) is 0.892. The van der Waals surface area contributed by atoms with Gasteiger partial charge in [-0.25, -0.2) is 4.98 Å². The number of para-hydroxylation sites is 1. The van der Waals surface area contributed by atoms with Gasteiger partial charge in [0.15, 0.2) is 6.10 Å². The van der Waals surface area contributed by atoms with Crippen LogP contribution < -0.4 is 10.6 Å². The number of likely N-dealkylation sites (N-methyl/N-ethyl adjacent to an activating group) is 1. The lowest BCUT2D eigenvalue weighted by Gasteiger charge is -2.34. The third kappa shape index (κ3) is 3.03. The predicted molar refractivity (Wildman–Crippen MR) is 90.9 cm³/mol. The monoisotopic (exact) mass is 328 g/mol. The number of nitrogens with zero attached hydrogens (tertiary/aromatic N) is 3. The van der Waals surface area contributed by atoms with Gasteiger partial charge >= 0.3 is 0 Å². The van der Waals surface area contributed by atoms with Gasteiger partial charge in [0.1, 0.15) is 5.82 Å². The number of amides is 2. The van der Waals surface area contributed by atoms with Crippen LogP contribution in [-0.4, -0.2) is 61.6 Å². The van der Waals surface area contributed by atoms with Crippen molar-refractivity contribution in [3.05, 3.63) is 35.9 Å². The van der Waals surface area contributed by atoms with Crippen LogP contribution in [-0.2, 0) is 9.53 Å². The number of anilines is 1. The van der Waals surface area contributed by atoms with Gasteiger partial charge in [-0.2, -0.15) is 0 Å². The highest BCUT2D eigenvalue weighted by atomic mass is 16.5. The minimum Gasteiger partial charge on any atom is -0.366 e. The molecule has 1 aromatic heterocycles. The normalized spacial score (nSPS) is 17.8. The number of rotatable bonds is 3. The summed E-state index contributed by atoms with van der Waals surface area (Å²) in [6.07, 6.45) is -0.543. The second kappa shape index (κ2) is 6.45. The number of hydrogen-bond donors (Lipinski definition) is 1. The standard InChI is InChI=1S/C17H20N4O3/c1-20(2)17(23)14-10-21(7-8-24-14)15-9-12(16(18)22)11-5-3-4-6-13(11)19-15/h3-6,9,14H,7-8,10H2,1-2H3,(H2,18,22). The molecule has 1 atom stereocenters. The van der Waals surface area contributed by atoms with E-state index in [9.17, 15) is 9.59 Å². The molecule has 1 aliphatic heterocycles. The Hall–Kier alpha value is -2.67. The molecule has 0 bridgehead atoms. The lowest BCUT2D eigenvalue weighted by molar-refractivity contribution is -0.141. The van der Waals surface area contributed by atoms with Gasteiger partial charge in [0.05, 0.1) is 24.2 Å². The van der Waals surface area contributed by atoms with Gasteiger partial charge in [0, 0.05) is 26.0 Å². The first kappa shape index (κ1) is 16.2. The predicted octanol–water partition coefficient (Wildman–Crippen LogP) is 0.627. The van der Waals surface area contributed by atoms with E-state index in [1.54, 1.807) is 20.2 Å². The van der Waals surface area contributed by atoms with E-state index in [4.69, 9.17) is 10.5 Å². The van der Waals surface area contributed by atoms with Crippen LogP contribution in [0.4, 0.5) is 5.82 Å². The van der Waals surface area contributed by atoms with Gasteiger partial charge in [0.25, 0.3) is 5.91 Å². The minimum atomic E-state index is -0.543. The van der Waals surface area contributed by atoms with Crippen LogP contribution >= 0.6 is 0 Å². The van der Waals surface area contributed by atoms with E-state index < -0.39 is 12.0 Å². The van der Waals surface area contributed by atoms with Gasteiger partial charge < -0.3 is 20.3 Å². The first-order valence-corrected chi connectivity index (χ1v) is 7.74. The Morgan fingerprint density at radius 1 is 1.33 bits per heavy atom. The van der Waals surface area contributed by atoms with Gasteiger partial charge in [-0.1, -0.05) is 18.2 Å². The summed E-state index contributed by atoms with van der Waals surface area (Å²) in [5, 5.41) is 0.725. The second-order valence-electron chi connectivity index (χ2n) is 5.95. The number of carbonyl (C=O) groups excluding carboxylic acids is 2. The van der Waals surface area contributed by atoms with Crippen molar-refractivity contribution in [2.75, 3.05) is 38.7 Å². The maximum Gasteiger partial charge on any atom is 0.253 e. The average Bonchev–Trinajstić information content (AvgIpc) is 2.60. The first-order valence-electron chi connectivity index (χ1n) is 7.74. The molecule has 2 amide bonds. The van der Waals surface area contributed by atoms with E-state index in [0.717, 1.165) is 5.39 Å². The molecule has 3 rings (SSSR count). The molecule has 24 heavy (non-hydrogen) atoms. The molecule has 7 heteroatoms. The van der Waals surface area contributed by atoms with E-state index in [0.29, 0.717) is 36.6 Å². The van der Waals surface area contributed by atoms with Crippen LogP contribution in [0.3, 0.4) is 0 Å². The number of primary amides is 1. The summed E-state index contributed by atoms with van der Waals surface area (Å²) >= 11 is 0. The van der Waals surface area contributed by atoms with Crippen molar-refractivity contribution in [2.45, 2.75) is 6.10 Å². The van der Waals surface area contributed by atoms with Crippen molar-refractivity contribution in [1.82, 2.24) is 9.88 Å². The maximum absolute atomic E-state index is 12.1. The Balaban J connectivity index is 1.97. The Kier molecular flexibility index (Phi) is 4.35. The van der Waals surface area contributed by atoms with Crippen molar-refractivity contribution < 1.29 is 14.3 Å². The van der Waals surface area contributed by atoms with Crippen LogP contribution in [0.25, 0.3) is 10.9 Å². The van der Waals surface area contributed by atoms with E-state index in [2.05, 4.69) is 4.98 Å². The zero-order valence-corrected chi connectivity index (χ0v) is 13.7. The molecule has 1 saturated heterocycles. The molecule has 1 aliphatic rings. The summed E-state index contributed by atoms with van der Waals surface area (Å²) < 4.78 is 5.57. The zero-order valence-electron chi connectivity index (χ0n) is 13.7. The highest BCUT2D eigenvalue weighted by molar-refractivity contribution is 6.06. The number of pyridine rings is 1. The SMILES string of the molecule is CN(C)C(=O)C1CN(c2cc(C(N)=O)c3ccccc3n2)CCO1. The van der Waals surface area contributed by atoms with E-state index in [-0.39, 0.29) is 5.91 Å². The third-order valence-corrected chi connectivity index (χ3v) is 4.07. The van der Waals surface area contributed by atoms with Crippen LogP contribution in [0, 0.1) is 0 Å². The van der Waals surface area contributed by atoms with E-state index in [1.165, 1.54) is 4.90 Å². The van der Waals surface area contributed by atoms with Gasteiger partial charge in [0.2, 0.25) is 5.91 Å². The molecule has 7 nitrogen and oxygen atoms in total.